The van der Waals surface area contributed by atoms with Crippen molar-refractivity contribution in [3.63, 3.8) is 0 Å². The molecule has 0 N–H and O–H groups in total. The molecule has 3 rings (SSSR count). The number of carbonyl (C=O) groups is 1. The van der Waals surface area contributed by atoms with Crippen molar-refractivity contribution in [3.05, 3.63) is 53.3 Å². The smallest absolute Gasteiger partial charge is 0.239 e. The molecule has 1 amide bonds. The highest BCUT2D eigenvalue weighted by molar-refractivity contribution is 8.00. The SMILES string of the molecule is CCN(CC)CCN(C(=O)CSc1ccc(F)cc1)c1nc2cc(C)c(C)cc2s1. The number of hydrogen-bond donors (Lipinski definition) is 0. The molecule has 30 heavy (non-hydrogen) atoms. The van der Waals surface area contributed by atoms with Crippen LogP contribution in [-0.2, 0) is 4.79 Å². The van der Waals surface area contributed by atoms with E-state index in [1.165, 1.54) is 35.0 Å². The number of fused-ring (bicyclic) bond motifs is 1. The molecule has 3 aromatic rings. The van der Waals surface area contributed by atoms with Gasteiger partial charge >= 0.3 is 0 Å². The summed E-state index contributed by atoms with van der Waals surface area (Å²) >= 11 is 2.99. The van der Waals surface area contributed by atoms with Crippen LogP contribution in [0.2, 0.25) is 0 Å². The summed E-state index contributed by atoms with van der Waals surface area (Å²) in [6.45, 7) is 11.7. The lowest BCUT2D eigenvalue weighted by Crippen LogP contribution is -2.39. The number of nitrogens with zero attached hydrogens (tertiary/aromatic N) is 3. The summed E-state index contributed by atoms with van der Waals surface area (Å²) in [5.41, 5.74) is 3.36. The first-order chi connectivity index (χ1) is 14.4. The second kappa shape index (κ2) is 10.4. The minimum Gasteiger partial charge on any atom is -0.302 e. The van der Waals surface area contributed by atoms with Gasteiger partial charge in [-0.2, -0.15) is 0 Å². The van der Waals surface area contributed by atoms with E-state index in [0.717, 1.165) is 39.9 Å². The van der Waals surface area contributed by atoms with Gasteiger partial charge in [0.05, 0.1) is 16.0 Å². The van der Waals surface area contributed by atoms with E-state index >= 15 is 0 Å². The molecule has 4 nitrogen and oxygen atoms in total. The first kappa shape index (κ1) is 22.7. The van der Waals surface area contributed by atoms with Crippen LogP contribution in [-0.4, -0.2) is 47.7 Å². The molecule has 0 saturated heterocycles. The van der Waals surface area contributed by atoms with E-state index in [-0.39, 0.29) is 17.5 Å². The number of rotatable bonds is 9. The van der Waals surface area contributed by atoms with Gasteiger partial charge in [0, 0.05) is 18.0 Å². The monoisotopic (exact) mass is 445 g/mol. The van der Waals surface area contributed by atoms with Crippen molar-refractivity contribution in [3.8, 4) is 0 Å². The van der Waals surface area contributed by atoms with Crippen molar-refractivity contribution in [1.29, 1.82) is 0 Å². The summed E-state index contributed by atoms with van der Waals surface area (Å²) in [5.74, 6) is 0.0354. The standard InChI is InChI=1S/C23H28FN3OS2/c1-5-26(6-2)11-12-27(22(28)15-29-19-9-7-18(24)8-10-19)23-25-20-13-16(3)17(4)14-21(20)30-23/h7-10,13-14H,5-6,11-12,15H2,1-4H3. The first-order valence-corrected chi connectivity index (χ1v) is 12.0. The van der Waals surface area contributed by atoms with Gasteiger partial charge < -0.3 is 4.90 Å². The van der Waals surface area contributed by atoms with E-state index in [2.05, 4.69) is 44.7 Å². The van der Waals surface area contributed by atoms with Crippen molar-refractivity contribution >= 4 is 44.4 Å². The molecule has 2 aromatic carbocycles. The van der Waals surface area contributed by atoms with Crippen LogP contribution in [0.25, 0.3) is 10.2 Å². The average Bonchev–Trinajstić information content (AvgIpc) is 3.13. The van der Waals surface area contributed by atoms with Crippen LogP contribution in [0, 0.1) is 19.7 Å². The number of likely N-dealkylation sites (N-methyl/N-ethyl adjacent to an activating group) is 1. The van der Waals surface area contributed by atoms with Crippen molar-refractivity contribution in [2.45, 2.75) is 32.6 Å². The van der Waals surface area contributed by atoms with Crippen LogP contribution in [0.4, 0.5) is 9.52 Å². The fourth-order valence-electron chi connectivity index (χ4n) is 3.15. The zero-order valence-electron chi connectivity index (χ0n) is 17.9. The molecule has 160 valence electrons. The highest BCUT2D eigenvalue weighted by Gasteiger charge is 2.21. The molecule has 0 unspecified atom stereocenters. The third kappa shape index (κ3) is 5.59. The summed E-state index contributed by atoms with van der Waals surface area (Å²) in [4.78, 5) is 22.9. The number of anilines is 1. The number of amides is 1. The van der Waals surface area contributed by atoms with Crippen molar-refractivity contribution in [1.82, 2.24) is 9.88 Å². The van der Waals surface area contributed by atoms with E-state index in [0.29, 0.717) is 6.54 Å². The van der Waals surface area contributed by atoms with Gasteiger partial charge in [-0.05, 0) is 74.5 Å². The fourth-order valence-corrected chi connectivity index (χ4v) is 5.01. The second-order valence-corrected chi connectivity index (χ2v) is 9.27. The zero-order chi connectivity index (χ0) is 21.7. The van der Waals surface area contributed by atoms with Crippen molar-refractivity contribution < 1.29 is 9.18 Å². The minimum atomic E-state index is -0.272. The molecule has 0 spiro atoms. The van der Waals surface area contributed by atoms with Gasteiger partial charge in [-0.1, -0.05) is 25.2 Å². The molecule has 0 saturated carbocycles. The molecule has 0 aliphatic heterocycles. The van der Waals surface area contributed by atoms with E-state index in [1.807, 2.05) is 4.90 Å². The molecule has 0 atom stereocenters. The summed E-state index contributed by atoms with van der Waals surface area (Å²) in [5, 5.41) is 0.742. The summed E-state index contributed by atoms with van der Waals surface area (Å²) in [6.07, 6.45) is 0. The van der Waals surface area contributed by atoms with Crippen LogP contribution >= 0.6 is 23.1 Å². The number of thioether (sulfide) groups is 1. The van der Waals surface area contributed by atoms with Crippen LogP contribution in [0.3, 0.4) is 0 Å². The molecule has 0 fully saturated rings. The molecule has 0 bridgehead atoms. The Morgan fingerprint density at radius 3 is 2.40 bits per heavy atom. The largest absolute Gasteiger partial charge is 0.302 e. The topological polar surface area (TPSA) is 36.4 Å². The van der Waals surface area contributed by atoms with Gasteiger partial charge in [-0.15, -0.1) is 11.8 Å². The van der Waals surface area contributed by atoms with E-state index in [1.54, 1.807) is 23.5 Å². The fraction of sp³-hybridized carbons (Fsp3) is 0.391. The Kier molecular flexibility index (Phi) is 7.86. The second-order valence-electron chi connectivity index (χ2n) is 7.22. The highest BCUT2D eigenvalue weighted by Crippen LogP contribution is 2.31. The van der Waals surface area contributed by atoms with Gasteiger partial charge in [-0.25, -0.2) is 9.37 Å². The number of aromatic nitrogens is 1. The maximum Gasteiger partial charge on any atom is 0.239 e. The van der Waals surface area contributed by atoms with E-state index in [4.69, 9.17) is 4.98 Å². The van der Waals surface area contributed by atoms with Crippen molar-refractivity contribution in [2.75, 3.05) is 36.8 Å². The Hall–Kier alpha value is -1.96. The molecule has 0 aliphatic carbocycles. The minimum absolute atomic E-state index is 0.0176. The molecule has 1 heterocycles. The first-order valence-electron chi connectivity index (χ1n) is 10.2. The summed E-state index contributed by atoms with van der Waals surface area (Å²) in [7, 11) is 0. The van der Waals surface area contributed by atoms with Gasteiger partial charge in [0.15, 0.2) is 5.13 Å². The van der Waals surface area contributed by atoms with Gasteiger partial charge in [0.1, 0.15) is 5.82 Å². The lowest BCUT2D eigenvalue weighted by Gasteiger charge is -2.24. The summed E-state index contributed by atoms with van der Waals surface area (Å²) < 4.78 is 14.2. The molecule has 0 aliphatic rings. The third-order valence-corrected chi connectivity index (χ3v) is 7.27. The maximum atomic E-state index is 13.2. The van der Waals surface area contributed by atoms with Crippen LogP contribution in [0.1, 0.15) is 25.0 Å². The van der Waals surface area contributed by atoms with Crippen LogP contribution in [0.5, 0.6) is 0 Å². The Balaban J connectivity index is 1.81. The predicted molar refractivity (Wildman–Crippen MR) is 126 cm³/mol. The zero-order valence-corrected chi connectivity index (χ0v) is 19.6. The Labute approximate surface area is 186 Å². The predicted octanol–water partition coefficient (Wildman–Crippen LogP) is 5.52. The number of carbonyl (C=O) groups excluding carboxylic acids is 1. The molecule has 1 aromatic heterocycles. The molecular formula is C23H28FN3OS2. The Morgan fingerprint density at radius 1 is 1.07 bits per heavy atom. The van der Waals surface area contributed by atoms with Crippen LogP contribution in [0.15, 0.2) is 41.3 Å². The number of benzene rings is 2. The quantitative estimate of drug-likeness (QED) is 0.407. The normalized spacial score (nSPS) is 11.4. The lowest BCUT2D eigenvalue weighted by molar-refractivity contribution is -0.116. The lowest BCUT2D eigenvalue weighted by atomic mass is 10.1. The number of thiazole rings is 1. The molecule has 7 heteroatoms. The van der Waals surface area contributed by atoms with Gasteiger partial charge in [-0.3, -0.25) is 9.69 Å². The third-order valence-electron chi connectivity index (χ3n) is 5.23. The molecular weight excluding hydrogens is 417 g/mol. The average molecular weight is 446 g/mol. The summed E-state index contributed by atoms with van der Waals surface area (Å²) in [6, 6.07) is 10.5. The Bertz CT molecular complexity index is 961. The van der Waals surface area contributed by atoms with E-state index in [9.17, 15) is 9.18 Å². The maximum absolute atomic E-state index is 13.2. The molecule has 0 radical (unpaired) electrons. The van der Waals surface area contributed by atoms with Gasteiger partial charge in [0.25, 0.3) is 0 Å². The number of halogens is 1. The van der Waals surface area contributed by atoms with E-state index < -0.39 is 0 Å². The number of aryl methyl sites for hydroxylation is 2. The Morgan fingerprint density at radius 2 is 1.73 bits per heavy atom. The number of hydrogen-bond acceptors (Lipinski definition) is 5. The van der Waals surface area contributed by atoms with Crippen molar-refractivity contribution in [2.24, 2.45) is 0 Å². The van der Waals surface area contributed by atoms with Crippen LogP contribution < -0.4 is 4.90 Å². The highest BCUT2D eigenvalue weighted by atomic mass is 32.2. The van der Waals surface area contributed by atoms with Gasteiger partial charge in [0.2, 0.25) is 5.91 Å².